The van der Waals surface area contributed by atoms with Gasteiger partial charge in [0.25, 0.3) is 0 Å². The Morgan fingerprint density at radius 3 is 2.67 bits per heavy atom. The number of hydrogen-bond acceptors (Lipinski definition) is 5. The Labute approximate surface area is 147 Å². The molecule has 0 radical (unpaired) electrons. The molecule has 2 aromatic rings. The Morgan fingerprint density at radius 2 is 2.08 bits per heavy atom. The third-order valence-corrected chi connectivity index (χ3v) is 3.14. The number of nitrogens with one attached hydrogen (secondary N) is 1. The summed E-state index contributed by atoms with van der Waals surface area (Å²) in [5.74, 6) is -0.514. The van der Waals surface area contributed by atoms with Gasteiger partial charge < -0.3 is 4.74 Å². The Bertz CT molecular complexity index is 760. The van der Waals surface area contributed by atoms with Crippen molar-refractivity contribution < 1.29 is 13.9 Å². The molecule has 0 saturated carbocycles. The largest absolute Gasteiger partial charge is 0.443 e. The molecule has 1 heterocycles. The van der Waals surface area contributed by atoms with Crippen LogP contribution in [0.5, 0.6) is 0 Å². The summed E-state index contributed by atoms with van der Waals surface area (Å²) in [4.78, 5) is 19.8. The predicted molar refractivity (Wildman–Crippen MR) is 91.1 cm³/mol. The van der Waals surface area contributed by atoms with E-state index in [1.807, 2.05) is 0 Å². The molecule has 2 rings (SSSR count). The van der Waals surface area contributed by atoms with Crippen molar-refractivity contribution in [1.82, 2.24) is 15.4 Å². The number of benzene rings is 1. The Balaban J connectivity index is 2.37. The number of aromatic nitrogens is 2. The van der Waals surface area contributed by atoms with Gasteiger partial charge in [0.15, 0.2) is 0 Å². The molecule has 24 heavy (non-hydrogen) atoms. The maximum Gasteiger partial charge on any atom is 0.428 e. The normalized spacial score (nSPS) is 12.0. The average Bonchev–Trinajstić information content (AvgIpc) is 2.48. The topological polar surface area (TPSA) is 76.5 Å². The van der Waals surface area contributed by atoms with Gasteiger partial charge in [-0.2, -0.15) is 5.10 Å². The van der Waals surface area contributed by atoms with Crippen LogP contribution < -0.4 is 5.43 Å². The van der Waals surface area contributed by atoms with Gasteiger partial charge in [-0.25, -0.2) is 14.6 Å². The van der Waals surface area contributed by atoms with Crippen molar-refractivity contribution in [2.24, 2.45) is 5.10 Å². The first-order valence-corrected chi connectivity index (χ1v) is 7.84. The highest BCUT2D eigenvalue weighted by Gasteiger charge is 2.18. The van der Waals surface area contributed by atoms with E-state index in [-0.39, 0.29) is 11.3 Å². The number of rotatable bonds is 3. The Kier molecular flexibility index (Phi) is 5.61. The van der Waals surface area contributed by atoms with Crippen LogP contribution in [0, 0.1) is 5.82 Å². The molecular weight excluding hydrogens is 379 g/mol. The van der Waals surface area contributed by atoms with Gasteiger partial charge >= 0.3 is 6.09 Å². The van der Waals surface area contributed by atoms with E-state index in [2.05, 4.69) is 36.4 Å². The zero-order chi connectivity index (χ0) is 17.7. The minimum Gasteiger partial charge on any atom is -0.443 e. The minimum atomic E-state index is -0.749. The maximum absolute atomic E-state index is 14.3. The van der Waals surface area contributed by atoms with Crippen LogP contribution >= 0.6 is 15.9 Å². The standard InChI is InChI=1S/C16H16BrFN4O2/c1-16(2,3)24-15(23)22-21-14(13-9-19-6-7-20-13)11-5-4-10(17)8-12(11)18/h4-9H,1-3H3,(H,22,23)/b21-14+. The van der Waals surface area contributed by atoms with Crippen molar-refractivity contribution in [2.45, 2.75) is 26.4 Å². The molecule has 0 aliphatic carbocycles. The van der Waals surface area contributed by atoms with Crippen LogP contribution in [0.15, 0.2) is 46.4 Å². The quantitative estimate of drug-likeness (QED) is 0.636. The lowest BCUT2D eigenvalue weighted by Crippen LogP contribution is -2.30. The molecule has 1 amide bonds. The second kappa shape index (κ2) is 7.48. The molecule has 0 aliphatic heterocycles. The van der Waals surface area contributed by atoms with Gasteiger partial charge in [0, 0.05) is 22.4 Å². The van der Waals surface area contributed by atoms with Crippen LogP contribution in [0.3, 0.4) is 0 Å². The molecule has 0 aliphatic rings. The van der Waals surface area contributed by atoms with E-state index in [1.54, 1.807) is 26.8 Å². The molecule has 0 bridgehead atoms. The average molecular weight is 395 g/mol. The molecule has 0 spiro atoms. The smallest absolute Gasteiger partial charge is 0.428 e. The Hall–Kier alpha value is -2.35. The molecular formula is C16H16BrFN4O2. The maximum atomic E-state index is 14.3. The number of halogens is 2. The lowest BCUT2D eigenvalue weighted by atomic mass is 10.1. The van der Waals surface area contributed by atoms with Crippen molar-refractivity contribution >= 4 is 27.7 Å². The van der Waals surface area contributed by atoms with Gasteiger partial charge in [-0.1, -0.05) is 15.9 Å². The molecule has 1 N–H and O–H groups in total. The predicted octanol–water partition coefficient (Wildman–Crippen LogP) is 3.66. The molecule has 1 aromatic heterocycles. The second-order valence-electron chi connectivity index (χ2n) is 5.79. The van der Waals surface area contributed by atoms with Gasteiger partial charge in [0.05, 0.1) is 6.20 Å². The van der Waals surface area contributed by atoms with E-state index >= 15 is 0 Å². The van der Waals surface area contributed by atoms with Crippen molar-refractivity contribution in [3.05, 3.63) is 58.3 Å². The van der Waals surface area contributed by atoms with Crippen molar-refractivity contribution in [3.8, 4) is 0 Å². The van der Waals surface area contributed by atoms with Gasteiger partial charge in [-0.05, 0) is 39.0 Å². The highest BCUT2D eigenvalue weighted by molar-refractivity contribution is 9.10. The summed E-state index contributed by atoms with van der Waals surface area (Å²) in [6, 6.07) is 4.50. The van der Waals surface area contributed by atoms with Crippen LogP contribution in [0.1, 0.15) is 32.0 Å². The molecule has 8 heteroatoms. The van der Waals surface area contributed by atoms with E-state index in [0.29, 0.717) is 10.2 Å². The summed E-state index contributed by atoms with van der Waals surface area (Å²) >= 11 is 3.20. The molecule has 0 fully saturated rings. The number of hydrogen-bond donors (Lipinski definition) is 1. The van der Waals surface area contributed by atoms with Gasteiger partial charge in [0.2, 0.25) is 0 Å². The third-order valence-electron chi connectivity index (χ3n) is 2.65. The lowest BCUT2D eigenvalue weighted by molar-refractivity contribution is 0.0529. The molecule has 1 aromatic carbocycles. The highest BCUT2D eigenvalue weighted by atomic mass is 79.9. The van der Waals surface area contributed by atoms with Crippen molar-refractivity contribution in [3.63, 3.8) is 0 Å². The van der Waals surface area contributed by atoms with E-state index in [0.717, 1.165) is 0 Å². The van der Waals surface area contributed by atoms with E-state index in [4.69, 9.17) is 4.74 Å². The lowest BCUT2D eigenvalue weighted by Gasteiger charge is -2.18. The number of nitrogens with zero attached hydrogens (tertiary/aromatic N) is 3. The molecule has 126 valence electrons. The monoisotopic (exact) mass is 394 g/mol. The Morgan fingerprint density at radius 1 is 1.33 bits per heavy atom. The van der Waals surface area contributed by atoms with E-state index in [1.165, 1.54) is 30.7 Å². The number of carbonyl (C=O) groups excluding carboxylic acids is 1. The molecule has 0 saturated heterocycles. The van der Waals surface area contributed by atoms with Gasteiger partial charge in [-0.15, -0.1) is 0 Å². The SMILES string of the molecule is CC(C)(C)OC(=O)N/N=C(/c1cnccn1)c1ccc(Br)cc1F. The zero-order valence-electron chi connectivity index (χ0n) is 13.4. The van der Waals surface area contributed by atoms with Crippen LogP contribution in [0.25, 0.3) is 0 Å². The summed E-state index contributed by atoms with van der Waals surface area (Å²) in [6.07, 6.45) is 3.62. The fraction of sp³-hybridized carbons (Fsp3) is 0.250. The first-order valence-electron chi connectivity index (χ1n) is 7.05. The third kappa shape index (κ3) is 5.09. The summed E-state index contributed by atoms with van der Waals surface area (Å²) in [5.41, 5.74) is 2.22. The summed E-state index contributed by atoms with van der Waals surface area (Å²) in [6.45, 7) is 5.19. The van der Waals surface area contributed by atoms with E-state index < -0.39 is 17.5 Å². The minimum absolute atomic E-state index is 0.138. The molecule has 0 atom stereocenters. The fourth-order valence-electron chi connectivity index (χ4n) is 1.76. The molecule has 6 nitrogen and oxygen atoms in total. The fourth-order valence-corrected chi connectivity index (χ4v) is 2.09. The summed E-state index contributed by atoms with van der Waals surface area (Å²) < 4.78 is 20.0. The van der Waals surface area contributed by atoms with Crippen LogP contribution in [0.4, 0.5) is 9.18 Å². The summed E-state index contributed by atoms with van der Waals surface area (Å²) in [5, 5.41) is 3.97. The van der Waals surface area contributed by atoms with Crippen LogP contribution in [0.2, 0.25) is 0 Å². The van der Waals surface area contributed by atoms with Crippen molar-refractivity contribution in [1.29, 1.82) is 0 Å². The summed E-state index contributed by atoms with van der Waals surface area (Å²) in [7, 11) is 0. The number of carbonyl (C=O) groups is 1. The van der Waals surface area contributed by atoms with Crippen LogP contribution in [-0.2, 0) is 4.74 Å². The van der Waals surface area contributed by atoms with E-state index in [9.17, 15) is 9.18 Å². The highest BCUT2D eigenvalue weighted by Crippen LogP contribution is 2.18. The van der Waals surface area contributed by atoms with Crippen molar-refractivity contribution in [2.75, 3.05) is 0 Å². The zero-order valence-corrected chi connectivity index (χ0v) is 15.0. The first-order chi connectivity index (χ1) is 11.3. The first kappa shape index (κ1) is 18.0. The van der Waals surface area contributed by atoms with Crippen LogP contribution in [-0.4, -0.2) is 27.4 Å². The number of hydrazone groups is 1. The molecule has 0 unspecified atom stereocenters. The van der Waals surface area contributed by atoms with Gasteiger partial charge in [0.1, 0.15) is 22.8 Å². The number of ether oxygens (including phenoxy) is 1. The second-order valence-corrected chi connectivity index (χ2v) is 6.70. The van der Waals surface area contributed by atoms with Gasteiger partial charge in [-0.3, -0.25) is 9.97 Å². The number of amides is 1.